The molecule has 1 fully saturated rings. The molecule has 0 saturated heterocycles. The van der Waals surface area contributed by atoms with Gasteiger partial charge in [-0.2, -0.15) is 0 Å². The van der Waals surface area contributed by atoms with Crippen LogP contribution in [0.1, 0.15) is 66.6 Å². The number of halogens is 2. The molecule has 4 rings (SSSR count). The molecule has 188 valence electrons. The third-order valence-corrected chi connectivity index (χ3v) is 7.21. The van der Waals surface area contributed by atoms with Crippen LogP contribution in [0.15, 0.2) is 23.9 Å². The summed E-state index contributed by atoms with van der Waals surface area (Å²) in [6.07, 6.45) is 4.78. The molecule has 9 heteroatoms. The number of benzene rings is 1. The summed E-state index contributed by atoms with van der Waals surface area (Å²) in [5, 5.41) is 4.07. The number of carbonyl (C=O) groups is 1. The number of amides is 1. The highest BCUT2D eigenvalue weighted by Gasteiger charge is 2.31. The van der Waals surface area contributed by atoms with E-state index >= 15 is 0 Å². The first-order chi connectivity index (χ1) is 16.8. The van der Waals surface area contributed by atoms with Crippen LogP contribution in [0.3, 0.4) is 0 Å². The smallest absolute Gasteiger partial charge is 0.258 e. The van der Waals surface area contributed by atoms with Gasteiger partial charge < -0.3 is 20.7 Å². The van der Waals surface area contributed by atoms with Crippen molar-refractivity contribution in [3.8, 4) is 5.75 Å². The molecule has 3 N–H and O–H groups in total. The molecule has 1 aliphatic heterocycles. The Balaban J connectivity index is 1.47. The Kier molecular flexibility index (Phi) is 7.91. The van der Waals surface area contributed by atoms with Gasteiger partial charge in [0, 0.05) is 23.4 Å². The lowest BCUT2D eigenvalue weighted by atomic mass is 9.93. The molecule has 2 aromatic rings. The topological polar surface area (TPSA) is 93.4 Å². The monoisotopic (exact) mass is 501 g/mol. The number of nitrogens with zero attached hydrogens (tertiary/aromatic N) is 3. The van der Waals surface area contributed by atoms with Crippen molar-refractivity contribution in [1.82, 2.24) is 20.2 Å². The van der Waals surface area contributed by atoms with E-state index in [1.807, 2.05) is 13.8 Å². The Bertz CT molecular complexity index is 1110. The molecule has 2 aliphatic rings. The first-order valence-corrected chi connectivity index (χ1v) is 12.6. The van der Waals surface area contributed by atoms with Crippen LogP contribution in [0.2, 0.25) is 5.02 Å². The summed E-state index contributed by atoms with van der Waals surface area (Å²) in [5.74, 6) is 0.0522. The summed E-state index contributed by atoms with van der Waals surface area (Å²) >= 11 is 6.21. The van der Waals surface area contributed by atoms with Crippen molar-refractivity contribution in [2.75, 3.05) is 19.6 Å². The van der Waals surface area contributed by atoms with Crippen LogP contribution in [-0.2, 0) is 0 Å². The zero-order chi connectivity index (χ0) is 25.1. The second kappa shape index (κ2) is 10.9. The Morgan fingerprint density at radius 2 is 1.89 bits per heavy atom. The van der Waals surface area contributed by atoms with Crippen molar-refractivity contribution in [1.29, 1.82) is 0 Å². The van der Waals surface area contributed by atoms with Gasteiger partial charge in [-0.1, -0.05) is 18.5 Å². The molecule has 1 aromatic heterocycles. The summed E-state index contributed by atoms with van der Waals surface area (Å²) in [5.41, 5.74) is 9.17. The van der Waals surface area contributed by atoms with Gasteiger partial charge in [-0.05, 0) is 64.6 Å². The molecule has 1 aliphatic carbocycles. The van der Waals surface area contributed by atoms with Gasteiger partial charge in [0.15, 0.2) is 5.82 Å². The van der Waals surface area contributed by atoms with Gasteiger partial charge in [0.1, 0.15) is 11.6 Å². The van der Waals surface area contributed by atoms with E-state index in [4.69, 9.17) is 22.1 Å². The fraction of sp³-hybridized carbons (Fsp3) is 0.500. The highest BCUT2D eigenvalue weighted by Crippen LogP contribution is 2.31. The summed E-state index contributed by atoms with van der Waals surface area (Å²) in [6.45, 7) is 7.28. The average molecular weight is 502 g/mol. The third kappa shape index (κ3) is 5.76. The van der Waals surface area contributed by atoms with Crippen molar-refractivity contribution in [2.24, 2.45) is 5.73 Å². The number of nitrogens with two attached hydrogens (primary N) is 1. The quantitative estimate of drug-likeness (QED) is 0.584. The zero-order valence-electron chi connectivity index (χ0n) is 20.5. The van der Waals surface area contributed by atoms with E-state index in [2.05, 4.69) is 22.2 Å². The van der Waals surface area contributed by atoms with Crippen molar-refractivity contribution < 1.29 is 13.9 Å². The molecule has 0 bridgehead atoms. The molecule has 35 heavy (non-hydrogen) atoms. The van der Waals surface area contributed by atoms with Gasteiger partial charge in [0.05, 0.1) is 41.2 Å². The second-order valence-corrected chi connectivity index (χ2v) is 9.76. The van der Waals surface area contributed by atoms with Crippen LogP contribution in [0.25, 0.3) is 5.57 Å². The average Bonchev–Trinajstić information content (AvgIpc) is 3.23. The van der Waals surface area contributed by atoms with E-state index in [9.17, 15) is 9.18 Å². The van der Waals surface area contributed by atoms with Crippen LogP contribution < -0.4 is 15.8 Å². The van der Waals surface area contributed by atoms with E-state index in [1.54, 1.807) is 4.90 Å². The number of nitrogens with one attached hydrogen (secondary N) is 1. The van der Waals surface area contributed by atoms with Gasteiger partial charge in [-0.3, -0.25) is 4.79 Å². The maximum Gasteiger partial charge on any atom is 0.258 e. The van der Waals surface area contributed by atoms with Crippen LogP contribution >= 0.6 is 11.6 Å². The SMILES string of the molecule is CCCNC1CCC(Oc2cc(F)ccc2C(=O)N2CC(N)=C(c3nc(C)c(Cl)c(C)n3)C2)CC1. The van der Waals surface area contributed by atoms with E-state index in [0.717, 1.165) is 38.6 Å². The highest BCUT2D eigenvalue weighted by atomic mass is 35.5. The molecular formula is C26H33ClFN5O2. The summed E-state index contributed by atoms with van der Waals surface area (Å²) in [6, 6.07) is 4.57. The fourth-order valence-corrected chi connectivity index (χ4v) is 4.78. The van der Waals surface area contributed by atoms with Crippen LogP contribution in [-0.4, -0.2) is 52.6 Å². The van der Waals surface area contributed by atoms with Gasteiger partial charge in [-0.15, -0.1) is 0 Å². The molecule has 0 atom stereocenters. The molecule has 1 aromatic carbocycles. The maximum absolute atomic E-state index is 14.1. The summed E-state index contributed by atoms with van der Waals surface area (Å²) in [4.78, 5) is 24.0. The Morgan fingerprint density at radius 1 is 1.20 bits per heavy atom. The van der Waals surface area contributed by atoms with E-state index < -0.39 is 5.82 Å². The minimum absolute atomic E-state index is 0.0474. The lowest BCUT2D eigenvalue weighted by molar-refractivity contribution is 0.0785. The number of aromatic nitrogens is 2. The van der Waals surface area contributed by atoms with E-state index in [1.165, 1.54) is 18.2 Å². The van der Waals surface area contributed by atoms with Crippen molar-refractivity contribution in [3.05, 3.63) is 57.5 Å². The predicted molar refractivity (Wildman–Crippen MR) is 135 cm³/mol. The molecule has 1 amide bonds. The predicted octanol–water partition coefficient (Wildman–Crippen LogP) is 4.40. The van der Waals surface area contributed by atoms with Crippen molar-refractivity contribution in [2.45, 2.75) is 65.0 Å². The number of hydrogen-bond donors (Lipinski definition) is 2. The molecule has 7 nitrogen and oxygen atoms in total. The van der Waals surface area contributed by atoms with Crippen LogP contribution in [0, 0.1) is 19.7 Å². The first-order valence-electron chi connectivity index (χ1n) is 12.2. The largest absolute Gasteiger partial charge is 0.489 e. The normalized spacial score (nSPS) is 20.4. The molecule has 1 saturated carbocycles. The summed E-state index contributed by atoms with van der Waals surface area (Å²) in [7, 11) is 0. The molecule has 0 radical (unpaired) electrons. The van der Waals surface area contributed by atoms with Gasteiger partial charge >= 0.3 is 0 Å². The molecular weight excluding hydrogens is 469 g/mol. The standard InChI is InChI=1S/C26H33ClFN5O2/c1-4-11-30-18-6-8-19(9-7-18)35-23-12-17(28)5-10-20(23)26(34)33-13-21(22(29)14-33)25-31-15(2)24(27)16(3)32-25/h5,10,12,18-19,30H,4,6-9,11,13-14,29H2,1-3H3. The van der Waals surface area contributed by atoms with Gasteiger partial charge in [0.25, 0.3) is 5.91 Å². The highest BCUT2D eigenvalue weighted by molar-refractivity contribution is 6.31. The number of hydrogen-bond acceptors (Lipinski definition) is 6. The number of carbonyl (C=O) groups excluding carboxylic acids is 1. The van der Waals surface area contributed by atoms with E-state index in [-0.39, 0.29) is 30.9 Å². The number of rotatable bonds is 7. The van der Waals surface area contributed by atoms with E-state index in [0.29, 0.717) is 45.1 Å². The Hall–Kier alpha value is -2.71. The lowest BCUT2D eigenvalue weighted by Crippen LogP contribution is -2.37. The van der Waals surface area contributed by atoms with Crippen LogP contribution in [0.4, 0.5) is 4.39 Å². The fourth-order valence-electron chi connectivity index (χ4n) is 4.70. The van der Waals surface area contributed by atoms with Gasteiger partial charge in [-0.25, -0.2) is 14.4 Å². The Labute approximate surface area is 210 Å². The maximum atomic E-state index is 14.1. The van der Waals surface area contributed by atoms with Gasteiger partial charge in [0.2, 0.25) is 0 Å². The molecule has 0 unspecified atom stereocenters. The Morgan fingerprint density at radius 3 is 2.54 bits per heavy atom. The number of ether oxygens (including phenoxy) is 1. The zero-order valence-corrected chi connectivity index (χ0v) is 21.3. The minimum atomic E-state index is -0.435. The first kappa shape index (κ1) is 25.4. The lowest BCUT2D eigenvalue weighted by Gasteiger charge is -2.30. The molecule has 2 heterocycles. The third-order valence-electron chi connectivity index (χ3n) is 6.66. The minimum Gasteiger partial charge on any atom is -0.489 e. The molecule has 0 spiro atoms. The van der Waals surface area contributed by atoms with Crippen LogP contribution in [0.5, 0.6) is 5.75 Å². The van der Waals surface area contributed by atoms with Crippen molar-refractivity contribution >= 4 is 23.1 Å². The second-order valence-electron chi connectivity index (χ2n) is 9.38. The number of aryl methyl sites for hydroxylation is 2. The van der Waals surface area contributed by atoms with Crippen molar-refractivity contribution in [3.63, 3.8) is 0 Å². The summed E-state index contributed by atoms with van der Waals surface area (Å²) < 4.78 is 20.3.